The van der Waals surface area contributed by atoms with Crippen molar-refractivity contribution < 1.29 is 19.5 Å². The van der Waals surface area contributed by atoms with Gasteiger partial charge in [-0.3, -0.25) is 9.69 Å². The van der Waals surface area contributed by atoms with Gasteiger partial charge in [-0.25, -0.2) is 9.59 Å². The Morgan fingerprint density at radius 3 is 2.06 bits per heavy atom. The molecule has 7 heteroatoms. The Morgan fingerprint density at radius 1 is 0.700 bits per heavy atom. The molecule has 50 heavy (non-hydrogen) atoms. The van der Waals surface area contributed by atoms with E-state index in [4.69, 9.17) is 0 Å². The van der Waals surface area contributed by atoms with Crippen molar-refractivity contribution >= 4 is 29.2 Å². The van der Waals surface area contributed by atoms with Gasteiger partial charge in [-0.1, -0.05) is 144 Å². The molecule has 0 aromatic heterocycles. The van der Waals surface area contributed by atoms with Gasteiger partial charge in [0, 0.05) is 42.5 Å². The molecule has 0 spiro atoms. The number of aliphatic carboxylic acids is 1. The molecule has 1 atom stereocenters. The van der Waals surface area contributed by atoms with E-state index in [1.807, 2.05) is 72.8 Å². The Labute approximate surface area is 298 Å². The SMILES string of the molecule is CCCCCCCNC(=O)N(C)c1cccc(-c2ccc(C[C@](CCCCCC)(Nc3ccccc3C(=O)c3ccccc3)C(=O)O)cc2)c1. The third-order valence-corrected chi connectivity index (χ3v) is 9.34. The molecule has 0 saturated carbocycles. The average molecular weight is 676 g/mol. The number of carbonyl (C=O) groups excluding carboxylic acids is 2. The van der Waals surface area contributed by atoms with Gasteiger partial charge in [-0.2, -0.15) is 0 Å². The van der Waals surface area contributed by atoms with Crippen LogP contribution in [0.1, 0.15) is 99.5 Å². The number of carboxylic acids is 1. The summed E-state index contributed by atoms with van der Waals surface area (Å²) in [6.45, 7) is 4.99. The van der Waals surface area contributed by atoms with Crippen LogP contribution in [0.3, 0.4) is 0 Å². The first-order chi connectivity index (χ1) is 24.3. The van der Waals surface area contributed by atoms with Crippen LogP contribution in [0, 0.1) is 0 Å². The van der Waals surface area contributed by atoms with Crippen molar-refractivity contribution in [3.8, 4) is 11.1 Å². The number of carbonyl (C=O) groups is 3. The zero-order valence-electron chi connectivity index (χ0n) is 29.9. The van der Waals surface area contributed by atoms with Crippen LogP contribution >= 0.6 is 0 Å². The number of rotatable bonds is 20. The predicted octanol–water partition coefficient (Wildman–Crippen LogP) is 10.1. The van der Waals surface area contributed by atoms with Crippen molar-refractivity contribution in [1.29, 1.82) is 0 Å². The highest BCUT2D eigenvalue weighted by molar-refractivity contribution is 6.12. The molecule has 3 N–H and O–H groups in total. The monoisotopic (exact) mass is 675 g/mol. The second-order valence-electron chi connectivity index (χ2n) is 13.2. The maximum absolute atomic E-state index is 13.5. The minimum atomic E-state index is -1.33. The normalized spacial score (nSPS) is 12.1. The summed E-state index contributed by atoms with van der Waals surface area (Å²) in [6.07, 6.45) is 10.1. The summed E-state index contributed by atoms with van der Waals surface area (Å²) in [6, 6.07) is 31.9. The molecule has 4 rings (SSSR count). The van der Waals surface area contributed by atoms with Crippen molar-refractivity contribution in [3.63, 3.8) is 0 Å². The highest BCUT2D eigenvalue weighted by atomic mass is 16.4. The molecular formula is C43H53N3O4. The van der Waals surface area contributed by atoms with Crippen LogP contribution in [-0.4, -0.2) is 42.0 Å². The van der Waals surface area contributed by atoms with E-state index in [1.165, 1.54) is 19.3 Å². The number of hydrogen-bond donors (Lipinski definition) is 3. The number of nitrogens with zero attached hydrogens (tertiary/aromatic N) is 1. The molecule has 0 saturated heterocycles. The lowest BCUT2D eigenvalue weighted by atomic mass is 9.84. The second kappa shape index (κ2) is 19.3. The van der Waals surface area contributed by atoms with Crippen LogP contribution < -0.4 is 15.5 Å². The summed E-state index contributed by atoms with van der Waals surface area (Å²) in [5, 5.41) is 17.2. The van der Waals surface area contributed by atoms with Crippen molar-refractivity contribution in [2.45, 2.75) is 90.0 Å². The Hall–Kier alpha value is -4.91. The fourth-order valence-corrected chi connectivity index (χ4v) is 6.29. The van der Waals surface area contributed by atoms with Crippen molar-refractivity contribution in [2.75, 3.05) is 23.8 Å². The molecule has 264 valence electrons. The number of ketones is 1. The van der Waals surface area contributed by atoms with E-state index >= 15 is 0 Å². The Morgan fingerprint density at radius 2 is 1.36 bits per heavy atom. The molecular weight excluding hydrogens is 622 g/mol. The molecule has 4 aromatic rings. The molecule has 0 fully saturated rings. The van der Waals surface area contributed by atoms with Gasteiger partial charge in [-0.15, -0.1) is 0 Å². The summed E-state index contributed by atoms with van der Waals surface area (Å²) in [7, 11) is 1.78. The fourth-order valence-electron chi connectivity index (χ4n) is 6.29. The van der Waals surface area contributed by atoms with Crippen LogP contribution in [0.2, 0.25) is 0 Å². The van der Waals surface area contributed by atoms with Crippen LogP contribution in [-0.2, 0) is 11.2 Å². The zero-order chi connectivity index (χ0) is 35.8. The quantitative estimate of drug-likeness (QED) is 0.0640. The molecule has 7 nitrogen and oxygen atoms in total. The third kappa shape index (κ3) is 10.5. The third-order valence-electron chi connectivity index (χ3n) is 9.34. The van der Waals surface area contributed by atoms with Crippen LogP contribution in [0.25, 0.3) is 11.1 Å². The fraction of sp³-hybridized carbons (Fsp3) is 0.372. The molecule has 0 aliphatic carbocycles. The Balaban J connectivity index is 1.53. The molecule has 0 heterocycles. The lowest BCUT2D eigenvalue weighted by Gasteiger charge is -2.33. The summed E-state index contributed by atoms with van der Waals surface area (Å²) in [5.74, 6) is -1.11. The van der Waals surface area contributed by atoms with Gasteiger partial charge in [-0.05, 0) is 53.8 Å². The number of para-hydroxylation sites is 1. The number of benzene rings is 4. The zero-order valence-corrected chi connectivity index (χ0v) is 29.9. The van der Waals surface area contributed by atoms with Crippen molar-refractivity contribution in [3.05, 3.63) is 120 Å². The van der Waals surface area contributed by atoms with Gasteiger partial charge < -0.3 is 15.7 Å². The first-order valence-corrected chi connectivity index (χ1v) is 18.2. The van der Waals surface area contributed by atoms with Gasteiger partial charge in [0.1, 0.15) is 5.54 Å². The van der Waals surface area contributed by atoms with E-state index in [9.17, 15) is 19.5 Å². The average Bonchev–Trinajstić information content (AvgIpc) is 3.15. The smallest absolute Gasteiger partial charge is 0.329 e. The number of hydrogen-bond acceptors (Lipinski definition) is 4. The number of nitrogens with one attached hydrogen (secondary N) is 2. The highest BCUT2D eigenvalue weighted by Gasteiger charge is 2.39. The first-order valence-electron chi connectivity index (χ1n) is 18.2. The summed E-state index contributed by atoms with van der Waals surface area (Å²) >= 11 is 0. The van der Waals surface area contributed by atoms with E-state index in [1.54, 1.807) is 42.3 Å². The maximum Gasteiger partial charge on any atom is 0.329 e. The molecule has 2 amide bonds. The van der Waals surface area contributed by atoms with Crippen LogP contribution in [0.5, 0.6) is 0 Å². The number of anilines is 2. The van der Waals surface area contributed by atoms with Gasteiger partial charge in [0.25, 0.3) is 0 Å². The maximum atomic E-state index is 13.5. The standard InChI is InChI=1S/C43H53N3O4/c1-4-6-8-10-17-30-44-42(50)46(3)37-22-18-21-36(31-37)34-27-25-33(26-28-34)32-43(41(48)49,29-16-9-7-5-2)45-39-24-15-14-23-38(39)40(47)35-19-12-11-13-20-35/h11-15,18-28,31,45H,4-10,16-17,29-30,32H2,1-3H3,(H,44,50)(H,48,49)/t43-/m0/s1. The molecule has 0 radical (unpaired) electrons. The number of carboxylic acid groups (broad SMARTS) is 1. The lowest BCUT2D eigenvalue weighted by Crippen LogP contribution is -2.48. The summed E-state index contributed by atoms with van der Waals surface area (Å²) in [5.41, 5.74) is 3.78. The van der Waals surface area contributed by atoms with Crippen LogP contribution in [0.15, 0.2) is 103 Å². The van der Waals surface area contributed by atoms with Gasteiger partial charge in [0.05, 0.1) is 0 Å². The topological polar surface area (TPSA) is 98.7 Å². The highest BCUT2D eigenvalue weighted by Crippen LogP contribution is 2.31. The minimum Gasteiger partial charge on any atom is -0.479 e. The van der Waals surface area contributed by atoms with E-state index in [0.717, 1.165) is 60.9 Å². The van der Waals surface area contributed by atoms with Gasteiger partial charge >= 0.3 is 12.0 Å². The minimum absolute atomic E-state index is 0.128. The number of urea groups is 1. The van der Waals surface area contributed by atoms with Crippen LogP contribution in [0.4, 0.5) is 16.2 Å². The molecule has 4 aromatic carbocycles. The van der Waals surface area contributed by atoms with E-state index in [2.05, 4.69) is 24.5 Å². The first kappa shape index (κ1) is 37.9. The van der Waals surface area contributed by atoms with E-state index < -0.39 is 11.5 Å². The van der Waals surface area contributed by atoms with E-state index in [0.29, 0.717) is 29.8 Å². The molecule has 0 aliphatic heterocycles. The molecule has 0 bridgehead atoms. The Kier molecular flexibility index (Phi) is 14.6. The predicted molar refractivity (Wildman–Crippen MR) is 205 cm³/mol. The largest absolute Gasteiger partial charge is 0.479 e. The summed E-state index contributed by atoms with van der Waals surface area (Å²) < 4.78 is 0. The number of amides is 2. The second-order valence-corrected chi connectivity index (χ2v) is 13.2. The summed E-state index contributed by atoms with van der Waals surface area (Å²) in [4.78, 5) is 41.2. The van der Waals surface area contributed by atoms with E-state index in [-0.39, 0.29) is 18.2 Å². The van der Waals surface area contributed by atoms with Crippen molar-refractivity contribution in [1.82, 2.24) is 5.32 Å². The molecule has 0 aliphatic rings. The van der Waals surface area contributed by atoms with Crippen molar-refractivity contribution in [2.24, 2.45) is 0 Å². The lowest BCUT2D eigenvalue weighted by molar-refractivity contribution is -0.142. The number of unbranched alkanes of at least 4 members (excludes halogenated alkanes) is 7. The van der Waals surface area contributed by atoms with Gasteiger partial charge in [0.15, 0.2) is 5.78 Å². The molecule has 0 unspecified atom stereocenters. The van der Waals surface area contributed by atoms with Gasteiger partial charge in [0.2, 0.25) is 0 Å². The Bertz CT molecular complexity index is 1670.